The van der Waals surface area contributed by atoms with E-state index in [0.29, 0.717) is 39.9 Å². The number of nitrogens with one attached hydrogen (secondary N) is 1. The number of rotatable bonds is 5. The fraction of sp³-hybridized carbons (Fsp3) is 0.182. The number of benzene rings is 2. The molecule has 0 saturated heterocycles. The molecule has 0 aliphatic rings. The van der Waals surface area contributed by atoms with E-state index in [0.717, 1.165) is 12.8 Å². The molecule has 0 atom stereocenters. The molecule has 0 bridgehead atoms. The van der Waals surface area contributed by atoms with E-state index in [4.69, 9.17) is 11.6 Å². The molecule has 0 aliphatic heterocycles. The van der Waals surface area contributed by atoms with E-state index >= 15 is 0 Å². The fourth-order valence-corrected chi connectivity index (χ4v) is 4.18. The van der Waals surface area contributed by atoms with Crippen molar-refractivity contribution in [3.8, 4) is 11.4 Å². The van der Waals surface area contributed by atoms with Crippen LogP contribution in [0.4, 0.5) is 0 Å². The maximum absolute atomic E-state index is 12.8. The number of imidazole rings is 1. The first-order valence-electron chi connectivity index (χ1n) is 9.91. The van der Waals surface area contributed by atoms with E-state index in [2.05, 4.69) is 27.3 Å². The molecule has 0 unspecified atom stereocenters. The molecule has 5 rings (SSSR count). The summed E-state index contributed by atoms with van der Waals surface area (Å²) < 4.78 is 4.96. The Morgan fingerprint density at radius 3 is 2.52 bits per heavy atom. The van der Waals surface area contributed by atoms with Gasteiger partial charge in [0.05, 0.1) is 5.02 Å². The molecule has 3 heterocycles. The van der Waals surface area contributed by atoms with Gasteiger partial charge in [0, 0.05) is 19.2 Å². The summed E-state index contributed by atoms with van der Waals surface area (Å²) in [6.07, 6.45) is 1.64. The molecule has 8 nitrogen and oxygen atoms in total. The van der Waals surface area contributed by atoms with Crippen molar-refractivity contribution >= 4 is 28.5 Å². The van der Waals surface area contributed by atoms with E-state index in [-0.39, 0.29) is 0 Å². The lowest BCUT2D eigenvalue weighted by Gasteiger charge is -2.05. The van der Waals surface area contributed by atoms with Crippen molar-refractivity contribution in [1.82, 2.24) is 28.7 Å². The third-order valence-corrected chi connectivity index (χ3v) is 5.77. The molecular formula is C22H19ClN6O2. The van der Waals surface area contributed by atoms with Crippen LogP contribution in [0.3, 0.4) is 0 Å². The van der Waals surface area contributed by atoms with Crippen molar-refractivity contribution in [3.63, 3.8) is 0 Å². The Kier molecular flexibility index (Phi) is 4.71. The number of aromatic nitrogens is 6. The van der Waals surface area contributed by atoms with Gasteiger partial charge in [0.15, 0.2) is 17.0 Å². The number of fused-ring (bicyclic) bond motifs is 3. The van der Waals surface area contributed by atoms with E-state index in [1.54, 1.807) is 17.5 Å². The first-order valence-corrected chi connectivity index (χ1v) is 10.3. The highest BCUT2D eigenvalue weighted by molar-refractivity contribution is 6.33. The second-order valence-electron chi connectivity index (χ2n) is 7.37. The maximum atomic E-state index is 12.8. The Bertz CT molecular complexity index is 1530. The molecule has 0 spiro atoms. The van der Waals surface area contributed by atoms with Gasteiger partial charge in [-0.05, 0) is 30.5 Å². The molecule has 3 aromatic heterocycles. The van der Waals surface area contributed by atoms with Crippen LogP contribution < -0.4 is 11.2 Å². The van der Waals surface area contributed by atoms with Crippen LogP contribution in [0.2, 0.25) is 5.02 Å². The number of aryl methyl sites for hydroxylation is 3. The van der Waals surface area contributed by atoms with E-state index in [9.17, 15) is 9.59 Å². The van der Waals surface area contributed by atoms with Gasteiger partial charge in [0.1, 0.15) is 0 Å². The van der Waals surface area contributed by atoms with Crippen LogP contribution in [0.5, 0.6) is 0 Å². The van der Waals surface area contributed by atoms with Crippen molar-refractivity contribution in [2.45, 2.75) is 19.4 Å². The van der Waals surface area contributed by atoms with Crippen LogP contribution in [0, 0.1) is 0 Å². The van der Waals surface area contributed by atoms with Crippen molar-refractivity contribution in [2.24, 2.45) is 7.05 Å². The van der Waals surface area contributed by atoms with Crippen LogP contribution in [0.15, 0.2) is 64.2 Å². The Morgan fingerprint density at radius 1 is 1.00 bits per heavy atom. The Balaban J connectivity index is 1.72. The van der Waals surface area contributed by atoms with Gasteiger partial charge < -0.3 is 4.57 Å². The number of hydrogen-bond acceptors (Lipinski definition) is 4. The Labute approximate surface area is 181 Å². The zero-order valence-corrected chi connectivity index (χ0v) is 17.5. The van der Waals surface area contributed by atoms with Crippen molar-refractivity contribution in [1.29, 1.82) is 0 Å². The normalized spacial score (nSPS) is 11.5. The zero-order chi connectivity index (χ0) is 21.5. The van der Waals surface area contributed by atoms with Crippen LogP contribution in [0.25, 0.3) is 28.3 Å². The number of aromatic amines is 1. The molecule has 0 fully saturated rings. The second kappa shape index (κ2) is 7.55. The molecule has 1 N–H and O–H groups in total. The third-order valence-electron chi connectivity index (χ3n) is 5.44. The highest BCUT2D eigenvalue weighted by atomic mass is 35.5. The first kappa shape index (κ1) is 19.3. The fourth-order valence-electron chi connectivity index (χ4n) is 3.96. The first-order chi connectivity index (χ1) is 15.1. The van der Waals surface area contributed by atoms with E-state index in [1.165, 1.54) is 10.1 Å². The third kappa shape index (κ3) is 3.16. The maximum Gasteiger partial charge on any atom is 0.329 e. The summed E-state index contributed by atoms with van der Waals surface area (Å²) in [7, 11) is 1.62. The quantitative estimate of drug-likeness (QED) is 0.460. The zero-order valence-electron chi connectivity index (χ0n) is 16.7. The lowest BCUT2D eigenvalue weighted by Crippen LogP contribution is -2.29. The van der Waals surface area contributed by atoms with Crippen molar-refractivity contribution in [3.05, 3.63) is 86.0 Å². The van der Waals surface area contributed by atoms with Crippen LogP contribution >= 0.6 is 11.6 Å². The SMILES string of the molecule is Cn1c(=O)[nH]c(=O)c2c1n1c(-c3ccccc3Cl)nnc1n2CCCc1ccccc1. The summed E-state index contributed by atoms with van der Waals surface area (Å²) in [4.78, 5) is 27.6. The van der Waals surface area contributed by atoms with Gasteiger partial charge in [-0.1, -0.05) is 54.1 Å². The van der Waals surface area contributed by atoms with Crippen molar-refractivity contribution < 1.29 is 0 Å². The minimum atomic E-state index is -0.500. The van der Waals surface area contributed by atoms with Gasteiger partial charge in [0.25, 0.3) is 5.56 Å². The van der Waals surface area contributed by atoms with Gasteiger partial charge in [-0.25, -0.2) is 9.20 Å². The molecule has 0 aliphatic carbocycles. The minimum absolute atomic E-state index is 0.383. The largest absolute Gasteiger partial charge is 0.329 e. The lowest BCUT2D eigenvalue weighted by atomic mass is 10.1. The van der Waals surface area contributed by atoms with E-state index < -0.39 is 11.2 Å². The molecule has 0 saturated carbocycles. The number of nitrogens with zero attached hydrogens (tertiary/aromatic N) is 5. The Hall–Kier alpha value is -3.65. The standard InChI is InChI=1S/C22H19ClN6O2/c1-27-20-17(19(30)24-22(27)31)28(13-7-10-14-8-3-2-4-9-14)21-26-25-18(29(20)21)15-11-5-6-12-16(15)23/h2-6,8-9,11-12H,7,10,13H2,1H3,(H,24,30,31). The lowest BCUT2D eigenvalue weighted by molar-refractivity contribution is 0.665. The number of halogens is 1. The molecule has 2 aromatic carbocycles. The summed E-state index contributed by atoms with van der Waals surface area (Å²) in [5.74, 6) is 0.970. The number of hydrogen-bond donors (Lipinski definition) is 1. The highest BCUT2D eigenvalue weighted by Gasteiger charge is 2.23. The average molecular weight is 435 g/mol. The summed E-state index contributed by atoms with van der Waals surface area (Å²) in [5, 5.41) is 9.21. The highest BCUT2D eigenvalue weighted by Crippen LogP contribution is 2.29. The van der Waals surface area contributed by atoms with Gasteiger partial charge in [0.2, 0.25) is 5.78 Å². The number of H-pyrrole nitrogens is 1. The molecule has 0 amide bonds. The van der Waals surface area contributed by atoms with Crippen LogP contribution in [-0.2, 0) is 20.0 Å². The molecule has 31 heavy (non-hydrogen) atoms. The monoisotopic (exact) mass is 434 g/mol. The van der Waals surface area contributed by atoms with Crippen LogP contribution in [-0.4, -0.2) is 28.7 Å². The van der Waals surface area contributed by atoms with Gasteiger partial charge in [-0.3, -0.25) is 14.3 Å². The summed E-state index contributed by atoms with van der Waals surface area (Å²) in [6.45, 7) is 0.545. The smallest absolute Gasteiger partial charge is 0.302 e. The molecular weight excluding hydrogens is 416 g/mol. The predicted octanol–water partition coefficient (Wildman–Crippen LogP) is 3.02. The van der Waals surface area contributed by atoms with Gasteiger partial charge >= 0.3 is 5.69 Å². The molecule has 156 valence electrons. The van der Waals surface area contributed by atoms with E-state index in [1.807, 2.05) is 41.0 Å². The van der Waals surface area contributed by atoms with Crippen molar-refractivity contribution in [2.75, 3.05) is 0 Å². The Morgan fingerprint density at radius 2 is 1.74 bits per heavy atom. The van der Waals surface area contributed by atoms with Gasteiger partial charge in [-0.15, -0.1) is 10.2 Å². The summed E-state index contributed by atoms with van der Waals surface area (Å²) in [6, 6.07) is 17.4. The second-order valence-corrected chi connectivity index (χ2v) is 7.78. The summed E-state index contributed by atoms with van der Waals surface area (Å²) >= 11 is 6.40. The van der Waals surface area contributed by atoms with Crippen LogP contribution in [0.1, 0.15) is 12.0 Å². The molecule has 0 radical (unpaired) electrons. The average Bonchev–Trinajstić information content (AvgIpc) is 3.32. The summed E-state index contributed by atoms with van der Waals surface area (Å²) in [5.41, 5.74) is 1.76. The minimum Gasteiger partial charge on any atom is -0.302 e. The molecule has 5 aromatic rings. The molecule has 9 heteroatoms. The topological polar surface area (TPSA) is 90.0 Å². The predicted molar refractivity (Wildman–Crippen MR) is 120 cm³/mol. The van der Waals surface area contributed by atoms with Gasteiger partial charge in [-0.2, -0.15) is 0 Å².